The highest BCUT2D eigenvalue weighted by molar-refractivity contribution is 6.59. The quantitative estimate of drug-likeness (QED) is 0.513. The highest BCUT2D eigenvalue weighted by Crippen LogP contribution is 2.20. The van der Waals surface area contributed by atoms with E-state index in [-0.39, 0.29) is 0 Å². The molecule has 0 bridgehead atoms. The first-order chi connectivity index (χ1) is 5.37. The predicted octanol–water partition coefficient (Wildman–Crippen LogP) is 0.950. The lowest BCUT2D eigenvalue weighted by atomic mass is 9.95. The van der Waals surface area contributed by atoms with Crippen LogP contribution in [0.25, 0.3) is 0 Å². The summed E-state index contributed by atoms with van der Waals surface area (Å²) in [6.45, 7) is 2.16. The summed E-state index contributed by atoms with van der Waals surface area (Å²) < 4.78 is 0. The lowest BCUT2D eigenvalue weighted by molar-refractivity contribution is -0.135. The molecule has 0 fully saturated rings. The largest absolute Gasteiger partial charge is 0.297 e. The monoisotopic (exact) mass is 210 g/mol. The van der Waals surface area contributed by atoms with Crippen LogP contribution < -0.4 is 0 Å². The van der Waals surface area contributed by atoms with Gasteiger partial charge >= 0.3 is 0 Å². The highest BCUT2D eigenvalue weighted by Gasteiger charge is 2.45. The van der Waals surface area contributed by atoms with Gasteiger partial charge in [-0.3, -0.25) is 14.4 Å². The van der Waals surface area contributed by atoms with Crippen LogP contribution in [0.15, 0.2) is 0 Å². The van der Waals surface area contributed by atoms with Gasteiger partial charge in [0.25, 0.3) is 0 Å². The molecule has 0 atom stereocenters. The lowest BCUT2D eigenvalue weighted by Gasteiger charge is -2.17. The summed E-state index contributed by atoms with van der Waals surface area (Å²) in [6, 6.07) is 0. The predicted molar refractivity (Wildman–Crippen MR) is 45.7 cm³/mol. The Morgan fingerprint density at radius 3 is 1.58 bits per heavy atom. The molecule has 0 aliphatic carbocycles. The van der Waals surface area contributed by atoms with Crippen LogP contribution >= 0.6 is 23.2 Å². The fourth-order valence-corrected chi connectivity index (χ4v) is 1.07. The van der Waals surface area contributed by atoms with Crippen molar-refractivity contribution in [1.82, 2.24) is 0 Å². The molecule has 0 aromatic carbocycles. The number of rotatable bonds is 4. The molecule has 0 aromatic heterocycles. The zero-order valence-corrected chi connectivity index (χ0v) is 8.20. The van der Waals surface area contributed by atoms with E-state index in [0.29, 0.717) is 0 Å². The second-order valence-electron chi connectivity index (χ2n) is 2.33. The van der Waals surface area contributed by atoms with Crippen LogP contribution in [0.4, 0.5) is 0 Å². The number of carbonyl (C=O) groups is 3. The summed E-state index contributed by atoms with van der Waals surface area (Å²) in [6.07, 6.45) is 0. The SMILES string of the molecule is CC(=O)C(Cl)(C(C)=O)C(=O)CCl. The normalized spacial score (nSPS) is 11.0. The Balaban J connectivity index is 5.01. The molecule has 0 rings (SSSR count). The van der Waals surface area contributed by atoms with E-state index in [4.69, 9.17) is 23.2 Å². The van der Waals surface area contributed by atoms with Crippen molar-refractivity contribution in [2.24, 2.45) is 0 Å². The number of hydrogen-bond acceptors (Lipinski definition) is 3. The van der Waals surface area contributed by atoms with Crippen LogP contribution in [0.2, 0.25) is 0 Å². The number of halogens is 2. The summed E-state index contributed by atoms with van der Waals surface area (Å²) in [4.78, 5) is 30.7. The Hall–Kier alpha value is -0.410. The summed E-state index contributed by atoms with van der Waals surface area (Å²) in [5.74, 6) is -2.60. The number of hydrogen-bond donors (Lipinski definition) is 0. The van der Waals surface area contributed by atoms with Crippen LogP contribution in [-0.4, -0.2) is 28.1 Å². The Bertz CT molecular complexity index is 221. The van der Waals surface area contributed by atoms with Crippen molar-refractivity contribution < 1.29 is 14.4 Å². The fraction of sp³-hybridized carbons (Fsp3) is 0.571. The van der Waals surface area contributed by atoms with Gasteiger partial charge in [-0.05, 0) is 13.8 Å². The summed E-state index contributed by atoms with van der Waals surface area (Å²) >= 11 is 10.7. The summed E-state index contributed by atoms with van der Waals surface area (Å²) in [5, 5.41) is 0. The van der Waals surface area contributed by atoms with Crippen molar-refractivity contribution in [3.8, 4) is 0 Å². The summed E-state index contributed by atoms with van der Waals surface area (Å²) in [7, 11) is 0. The van der Waals surface area contributed by atoms with E-state index in [0.717, 1.165) is 13.8 Å². The van der Waals surface area contributed by atoms with Gasteiger partial charge in [0.2, 0.25) is 4.87 Å². The molecule has 68 valence electrons. The molecule has 0 aliphatic rings. The van der Waals surface area contributed by atoms with Gasteiger partial charge in [-0.2, -0.15) is 0 Å². The van der Waals surface area contributed by atoms with Crippen LogP contribution in [0, 0.1) is 0 Å². The maximum absolute atomic E-state index is 11.0. The zero-order chi connectivity index (χ0) is 9.94. The third kappa shape index (κ3) is 1.84. The molecule has 0 saturated heterocycles. The standard InChI is InChI=1S/C7H8Cl2O3/c1-4(10)7(9,5(2)11)6(12)3-8/h3H2,1-2H3. The molecule has 0 aliphatic heterocycles. The van der Waals surface area contributed by atoms with E-state index < -0.39 is 28.1 Å². The summed E-state index contributed by atoms with van der Waals surface area (Å²) in [5.41, 5.74) is 0. The van der Waals surface area contributed by atoms with E-state index in [9.17, 15) is 14.4 Å². The van der Waals surface area contributed by atoms with Gasteiger partial charge in [-0.1, -0.05) is 11.6 Å². The third-order valence-corrected chi connectivity index (χ3v) is 2.46. The van der Waals surface area contributed by atoms with Crippen molar-refractivity contribution in [2.45, 2.75) is 18.7 Å². The molecule has 0 saturated carbocycles. The Kier molecular flexibility index (Phi) is 3.87. The average Bonchev–Trinajstić information content (AvgIpc) is 2.00. The smallest absolute Gasteiger partial charge is 0.219 e. The molecule has 5 heteroatoms. The van der Waals surface area contributed by atoms with Crippen molar-refractivity contribution in [2.75, 3.05) is 5.88 Å². The minimum Gasteiger partial charge on any atom is -0.297 e. The van der Waals surface area contributed by atoms with Gasteiger partial charge < -0.3 is 0 Å². The minimum absolute atomic E-state index is 0.442. The van der Waals surface area contributed by atoms with Gasteiger partial charge in [-0.25, -0.2) is 0 Å². The highest BCUT2D eigenvalue weighted by atomic mass is 35.5. The Morgan fingerprint density at radius 2 is 1.50 bits per heavy atom. The minimum atomic E-state index is -2.07. The Morgan fingerprint density at radius 1 is 1.17 bits per heavy atom. The zero-order valence-electron chi connectivity index (χ0n) is 6.69. The van der Waals surface area contributed by atoms with Crippen LogP contribution in [-0.2, 0) is 14.4 Å². The van der Waals surface area contributed by atoms with Gasteiger partial charge in [0.1, 0.15) is 0 Å². The van der Waals surface area contributed by atoms with Crippen LogP contribution in [0.5, 0.6) is 0 Å². The molecular formula is C7H8Cl2O3. The topological polar surface area (TPSA) is 51.2 Å². The maximum Gasteiger partial charge on any atom is 0.219 e. The molecule has 0 spiro atoms. The van der Waals surface area contributed by atoms with Crippen molar-refractivity contribution >= 4 is 40.6 Å². The fourth-order valence-electron chi connectivity index (χ4n) is 0.733. The van der Waals surface area contributed by atoms with Gasteiger partial charge in [0, 0.05) is 0 Å². The lowest BCUT2D eigenvalue weighted by Crippen LogP contribution is -2.47. The van der Waals surface area contributed by atoms with Gasteiger partial charge in [0.15, 0.2) is 17.3 Å². The van der Waals surface area contributed by atoms with Crippen molar-refractivity contribution in [3.05, 3.63) is 0 Å². The number of alkyl halides is 2. The van der Waals surface area contributed by atoms with Crippen molar-refractivity contribution in [3.63, 3.8) is 0 Å². The number of carbonyl (C=O) groups excluding carboxylic acids is 3. The first-order valence-corrected chi connectivity index (χ1v) is 4.08. The van der Waals surface area contributed by atoms with Gasteiger partial charge in [-0.15, -0.1) is 11.6 Å². The molecule has 0 N–H and O–H groups in total. The molecule has 0 amide bonds. The molecular weight excluding hydrogens is 203 g/mol. The first kappa shape index (κ1) is 11.6. The number of Topliss-reactive ketones (excluding diaryl/α,β-unsaturated/α-hetero) is 3. The van der Waals surface area contributed by atoms with E-state index >= 15 is 0 Å². The van der Waals surface area contributed by atoms with E-state index in [2.05, 4.69) is 0 Å². The second-order valence-corrected chi connectivity index (χ2v) is 3.16. The average molecular weight is 211 g/mol. The molecule has 0 aromatic rings. The van der Waals surface area contributed by atoms with Crippen LogP contribution in [0.1, 0.15) is 13.8 Å². The van der Waals surface area contributed by atoms with Crippen molar-refractivity contribution in [1.29, 1.82) is 0 Å². The van der Waals surface area contributed by atoms with Crippen LogP contribution in [0.3, 0.4) is 0 Å². The first-order valence-electron chi connectivity index (χ1n) is 3.17. The molecule has 12 heavy (non-hydrogen) atoms. The molecule has 3 nitrogen and oxygen atoms in total. The van der Waals surface area contributed by atoms with E-state index in [1.54, 1.807) is 0 Å². The number of ketones is 3. The maximum atomic E-state index is 11.0. The molecule has 0 heterocycles. The third-order valence-electron chi connectivity index (χ3n) is 1.48. The van der Waals surface area contributed by atoms with Gasteiger partial charge in [0.05, 0.1) is 5.88 Å². The van der Waals surface area contributed by atoms with E-state index in [1.165, 1.54) is 0 Å². The molecule has 0 unspecified atom stereocenters. The second kappa shape index (κ2) is 4.01. The van der Waals surface area contributed by atoms with E-state index in [1.807, 2.05) is 0 Å². The Labute approximate surface area is 80.0 Å². The molecule has 0 radical (unpaired) electrons.